The molecule has 5 nitrogen and oxygen atoms in total. The van der Waals surface area contributed by atoms with E-state index in [9.17, 15) is 20.1 Å². The van der Waals surface area contributed by atoms with E-state index in [1.165, 1.54) is 6.07 Å². The number of carbonyl (C=O) groups excluding carboxylic acids is 1. The zero-order valence-corrected chi connectivity index (χ0v) is 16.2. The van der Waals surface area contributed by atoms with Gasteiger partial charge < -0.3 is 20.2 Å². The largest absolute Gasteiger partial charge is 0.508 e. The summed E-state index contributed by atoms with van der Waals surface area (Å²) in [6.07, 6.45) is 4.16. The normalized spacial score (nSPS) is 12.7. The number of hydrogen-bond acceptors (Lipinski definition) is 5. The Labute approximate surface area is 168 Å². The molecule has 4 rings (SSSR count). The molecule has 0 spiro atoms. The maximum Gasteiger partial charge on any atom is 0.201 e. The summed E-state index contributed by atoms with van der Waals surface area (Å²) in [7, 11) is 3.97. The molecule has 29 heavy (non-hydrogen) atoms. The number of phenols is 3. The molecule has 0 saturated heterocycles. The van der Waals surface area contributed by atoms with Crippen molar-refractivity contribution in [3.05, 3.63) is 81.9 Å². The Morgan fingerprint density at radius 2 is 1.38 bits per heavy atom. The van der Waals surface area contributed by atoms with Crippen molar-refractivity contribution in [1.29, 1.82) is 0 Å². The first-order valence-corrected chi connectivity index (χ1v) is 9.24. The first-order valence-electron chi connectivity index (χ1n) is 9.24. The Morgan fingerprint density at radius 1 is 0.793 bits per heavy atom. The molecule has 5 heteroatoms. The number of hydrogen-bond donors (Lipinski definition) is 3. The summed E-state index contributed by atoms with van der Waals surface area (Å²) in [5.74, 6) is -0.932. The molecule has 0 aromatic heterocycles. The molecule has 0 amide bonds. The number of ketones is 1. The highest BCUT2D eigenvalue weighted by Gasteiger charge is 2.29. The summed E-state index contributed by atoms with van der Waals surface area (Å²) < 4.78 is 0. The highest BCUT2D eigenvalue weighted by molar-refractivity contribution is 6.15. The third kappa shape index (κ3) is 3.43. The van der Waals surface area contributed by atoms with Crippen LogP contribution in [0.3, 0.4) is 0 Å². The third-order valence-corrected chi connectivity index (χ3v) is 5.12. The summed E-state index contributed by atoms with van der Waals surface area (Å²) in [5, 5.41) is 30.3. The quantitative estimate of drug-likeness (QED) is 0.460. The molecule has 1 aliphatic rings. The highest BCUT2D eigenvalue weighted by atomic mass is 16.3. The van der Waals surface area contributed by atoms with Crippen LogP contribution >= 0.6 is 0 Å². The van der Waals surface area contributed by atoms with Crippen LogP contribution in [0.5, 0.6) is 17.2 Å². The average molecular weight is 387 g/mol. The van der Waals surface area contributed by atoms with Gasteiger partial charge in [0.25, 0.3) is 0 Å². The van der Waals surface area contributed by atoms with Crippen LogP contribution < -0.4 is 4.90 Å². The SMILES string of the molecule is CN(C)c1ccc(/C=C/c2cc(O)c3c(c2)Cc2cc(O)cc(O)c2C3=O)cc1. The van der Waals surface area contributed by atoms with E-state index in [4.69, 9.17) is 0 Å². The first-order chi connectivity index (χ1) is 13.8. The van der Waals surface area contributed by atoms with Crippen molar-refractivity contribution in [1.82, 2.24) is 0 Å². The molecule has 0 radical (unpaired) electrons. The minimum atomic E-state index is -0.439. The van der Waals surface area contributed by atoms with E-state index in [-0.39, 0.29) is 28.4 Å². The summed E-state index contributed by atoms with van der Waals surface area (Å²) >= 11 is 0. The number of fused-ring (bicyclic) bond motifs is 2. The Kier molecular flexibility index (Phi) is 4.51. The molecule has 0 heterocycles. The Hall–Kier alpha value is -3.73. The van der Waals surface area contributed by atoms with Crippen molar-refractivity contribution < 1.29 is 20.1 Å². The van der Waals surface area contributed by atoms with Crippen molar-refractivity contribution in [3.8, 4) is 17.2 Å². The first kappa shape index (κ1) is 18.6. The van der Waals surface area contributed by atoms with Crippen molar-refractivity contribution in [2.24, 2.45) is 0 Å². The zero-order valence-electron chi connectivity index (χ0n) is 16.2. The molecule has 3 N–H and O–H groups in total. The predicted octanol–water partition coefficient (Wildman–Crippen LogP) is 4.18. The summed E-state index contributed by atoms with van der Waals surface area (Å²) in [6, 6.07) is 14.1. The van der Waals surface area contributed by atoms with Gasteiger partial charge in [-0.2, -0.15) is 0 Å². The summed E-state index contributed by atoms with van der Waals surface area (Å²) in [5.41, 5.74) is 4.43. The van der Waals surface area contributed by atoms with Crippen LogP contribution in [0.1, 0.15) is 38.2 Å². The van der Waals surface area contributed by atoms with Crippen LogP contribution in [-0.2, 0) is 6.42 Å². The van der Waals surface area contributed by atoms with Gasteiger partial charge >= 0.3 is 0 Å². The van der Waals surface area contributed by atoms with Gasteiger partial charge in [0.1, 0.15) is 17.2 Å². The number of carbonyl (C=O) groups is 1. The lowest BCUT2D eigenvalue weighted by atomic mass is 9.83. The summed E-state index contributed by atoms with van der Waals surface area (Å²) in [6.45, 7) is 0. The minimum absolute atomic E-state index is 0.0982. The second kappa shape index (κ2) is 7.02. The molecule has 0 atom stereocenters. The predicted molar refractivity (Wildman–Crippen MR) is 114 cm³/mol. The van der Waals surface area contributed by atoms with Crippen LogP contribution in [0, 0.1) is 0 Å². The van der Waals surface area contributed by atoms with E-state index in [0.29, 0.717) is 17.5 Å². The number of benzene rings is 3. The molecule has 0 fully saturated rings. The topological polar surface area (TPSA) is 81.0 Å². The molecule has 0 unspecified atom stereocenters. The molecule has 3 aromatic carbocycles. The van der Waals surface area contributed by atoms with Crippen molar-refractivity contribution >= 4 is 23.6 Å². The van der Waals surface area contributed by atoms with E-state index in [1.807, 2.05) is 61.5 Å². The highest BCUT2D eigenvalue weighted by Crippen LogP contribution is 2.39. The van der Waals surface area contributed by atoms with Crippen LogP contribution in [0.25, 0.3) is 12.2 Å². The molecular formula is C24H21NO4. The van der Waals surface area contributed by atoms with Gasteiger partial charge in [-0.05, 0) is 52.9 Å². The molecule has 0 saturated carbocycles. The second-order valence-corrected chi connectivity index (χ2v) is 7.40. The number of aromatic hydroxyl groups is 3. The van der Waals surface area contributed by atoms with E-state index >= 15 is 0 Å². The van der Waals surface area contributed by atoms with E-state index < -0.39 is 5.78 Å². The van der Waals surface area contributed by atoms with Crippen LogP contribution in [-0.4, -0.2) is 35.2 Å². The van der Waals surface area contributed by atoms with E-state index in [1.54, 1.807) is 6.07 Å². The number of phenolic OH excluding ortho intramolecular Hbond substituents is 3. The fourth-order valence-electron chi connectivity index (χ4n) is 3.68. The Morgan fingerprint density at radius 3 is 2.03 bits per heavy atom. The van der Waals surface area contributed by atoms with Crippen LogP contribution in [0.15, 0.2) is 48.5 Å². The van der Waals surface area contributed by atoms with E-state index in [2.05, 4.69) is 0 Å². The van der Waals surface area contributed by atoms with Gasteiger partial charge in [0, 0.05) is 25.8 Å². The maximum atomic E-state index is 12.8. The average Bonchev–Trinajstić information content (AvgIpc) is 2.65. The minimum Gasteiger partial charge on any atom is -0.508 e. The number of nitrogens with zero attached hydrogens (tertiary/aromatic N) is 1. The van der Waals surface area contributed by atoms with Gasteiger partial charge in [0.15, 0.2) is 0 Å². The molecule has 3 aromatic rings. The fraction of sp³-hybridized carbons (Fsp3) is 0.125. The molecular weight excluding hydrogens is 366 g/mol. The molecule has 1 aliphatic carbocycles. The lowest BCUT2D eigenvalue weighted by Crippen LogP contribution is -2.15. The Balaban J connectivity index is 1.68. The van der Waals surface area contributed by atoms with Crippen LogP contribution in [0.4, 0.5) is 5.69 Å². The van der Waals surface area contributed by atoms with Gasteiger partial charge in [0.05, 0.1) is 11.1 Å². The third-order valence-electron chi connectivity index (χ3n) is 5.12. The molecule has 146 valence electrons. The monoisotopic (exact) mass is 387 g/mol. The smallest absolute Gasteiger partial charge is 0.201 e. The second-order valence-electron chi connectivity index (χ2n) is 7.40. The lowest BCUT2D eigenvalue weighted by Gasteiger charge is -2.21. The molecule has 0 aliphatic heterocycles. The number of anilines is 1. The lowest BCUT2D eigenvalue weighted by molar-refractivity contribution is 0.103. The van der Waals surface area contributed by atoms with Crippen molar-refractivity contribution in [2.75, 3.05) is 19.0 Å². The maximum absolute atomic E-state index is 12.8. The molecule has 0 bridgehead atoms. The van der Waals surface area contributed by atoms with Gasteiger partial charge in [-0.3, -0.25) is 4.79 Å². The van der Waals surface area contributed by atoms with Gasteiger partial charge in [-0.15, -0.1) is 0 Å². The standard InChI is InChI=1S/C24H21NO4/c1-25(2)18-7-5-14(6-8-18)3-4-15-9-16-11-17-12-19(26)13-21(28)23(17)24(29)22(16)20(27)10-15/h3-10,12-13,26-28H,11H2,1-2H3/b4-3+. The van der Waals surface area contributed by atoms with E-state index in [0.717, 1.165) is 22.9 Å². The zero-order chi connectivity index (χ0) is 20.7. The Bertz CT molecular complexity index is 1140. The van der Waals surface area contributed by atoms with Crippen molar-refractivity contribution in [2.45, 2.75) is 6.42 Å². The van der Waals surface area contributed by atoms with Gasteiger partial charge in [-0.25, -0.2) is 0 Å². The number of rotatable bonds is 3. The van der Waals surface area contributed by atoms with Gasteiger partial charge in [0.2, 0.25) is 5.78 Å². The fourth-order valence-corrected chi connectivity index (χ4v) is 3.68. The summed E-state index contributed by atoms with van der Waals surface area (Å²) in [4.78, 5) is 14.8. The van der Waals surface area contributed by atoms with Crippen LogP contribution in [0.2, 0.25) is 0 Å². The van der Waals surface area contributed by atoms with Gasteiger partial charge in [-0.1, -0.05) is 30.4 Å². The van der Waals surface area contributed by atoms with Crippen molar-refractivity contribution in [3.63, 3.8) is 0 Å².